The molecule has 7 heteroatoms. The summed E-state index contributed by atoms with van der Waals surface area (Å²) in [6, 6.07) is 10.3. The Morgan fingerprint density at radius 3 is 2.96 bits per heavy atom. The summed E-state index contributed by atoms with van der Waals surface area (Å²) in [5.41, 5.74) is 3.10. The second-order valence-electron chi connectivity index (χ2n) is 5.60. The molecule has 0 spiro atoms. The van der Waals surface area contributed by atoms with Crippen LogP contribution in [0.3, 0.4) is 0 Å². The fourth-order valence-electron chi connectivity index (χ4n) is 2.65. The van der Waals surface area contributed by atoms with Gasteiger partial charge in [0.2, 0.25) is 4.96 Å². The van der Waals surface area contributed by atoms with E-state index < -0.39 is 0 Å². The minimum atomic E-state index is 0.842. The van der Waals surface area contributed by atoms with Crippen LogP contribution in [0.25, 0.3) is 26.4 Å². The summed E-state index contributed by atoms with van der Waals surface area (Å²) in [6.45, 7) is 4.20. The van der Waals surface area contributed by atoms with Crippen LogP contribution in [0.1, 0.15) is 24.9 Å². The van der Waals surface area contributed by atoms with E-state index in [9.17, 15) is 0 Å². The molecule has 122 valence electrons. The number of aromatic nitrogens is 5. The Morgan fingerprint density at radius 2 is 2.08 bits per heavy atom. The molecule has 0 saturated heterocycles. The Balaban J connectivity index is 1.80. The number of fused-ring (bicyclic) bond motifs is 2. The van der Waals surface area contributed by atoms with Gasteiger partial charge < -0.3 is 0 Å². The zero-order valence-electron chi connectivity index (χ0n) is 13.6. The molecule has 1 aromatic carbocycles. The molecule has 4 rings (SSSR count). The number of nitrogens with zero attached hydrogens (tertiary/aromatic N) is 5. The van der Waals surface area contributed by atoms with Crippen molar-refractivity contribution in [2.24, 2.45) is 0 Å². The first-order chi connectivity index (χ1) is 11.8. The lowest BCUT2D eigenvalue weighted by Gasteiger charge is -2.04. The van der Waals surface area contributed by atoms with Gasteiger partial charge in [0.1, 0.15) is 5.01 Å². The highest BCUT2D eigenvalue weighted by Crippen LogP contribution is 2.32. The van der Waals surface area contributed by atoms with Gasteiger partial charge in [-0.2, -0.15) is 21.4 Å². The first kappa shape index (κ1) is 15.5. The van der Waals surface area contributed by atoms with Crippen molar-refractivity contribution in [3.63, 3.8) is 0 Å². The van der Waals surface area contributed by atoms with Gasteiger partial charge in [-0.1, -0.05) is 36.5 Å². The third kappa shape index (κ3) is 2.78. The Hall–Kier alpha value is -1.99. The summed E-state index contributed by atoms with van der Waals surface area (Å²) < 4.78 is 1.88. The SMILES string of the molecule is CCCSCc1nnc2sc(-c3cc(C)nc4ccccc34)nn12. The molecule has 0 unspecified atom stereocenters. The Labute approximate surface area is 148 Å². The van der Waals surface area contributed by atoms with Crippen LogP contribution >= 0.6 is 23.1 Å². The monoisotopic (exact) mass is 355 g/mol. The van der Waals surface area contributed by atoms with E-state index in [2.05, 4.69) is 34.2 Å². The molecule has 0 aliphatic heterocycles. The molecule has 0 aliphatic carbocycles. The van der Waals surface area contributed by atoms with Crippen LogP contribution in [-0.4, -0.2) is 30.5 Å². The average Bonchev–Trinajstić information content (AvgIpc) is 3.16. The summed E-state index contributed by atoms with van der Waals surface area (Å²) in [7, 11) is 0. The maximum atomic E-state index is 4.78. The molecule has 5 nitrogen and oxygen atoms in total. The highest BCUT2D eigenvalue weighted by Gasteiger charge is 2.15. The Kier molecular flexibility index (Phi) is 4.20. The van der Waals surface area contributed by atoms with Gasteiger partial charge in [-0.25, -0.2) is 0 Å². The summed E-state index contributed by atoms with van der Waals surface area (Å²) >= 11 is 3.44. The first-order valence-electron chi connectivity index (χ1n) is 7.92. The van der Waals surface area contributed by atoms with Gasteiger partial charge >= 0.3 is 0 Å². The van der Waals surface area contributed by atoms with Crippen molar-refractivity contribution in [1.29, 1.82) is 0 Å². The zero-order valence-corrected chi connectivity index (χ0v) is 15.2. The van der Waals surface area contributed by atoms with Crippen molar-refractivity contribution in [1.82, 2.24) is 24.8 Å². The van der Waals surface area contributed by atoms with Crippen molar-refractivity contribution < 1.29 is 0 Å². The lowest BCUT2D eigenvalue weighted by Crippen LogP contribution is -1.95. The normalized spacial score (nSPS) is 11.6. The van der Waals surface area contributed by atoms with E-state index in [1.807, 2.05) is 41.4 Å². The van der Waals surface area contributed by atoms with Gasteiger partial charge in [0, 0.05) is 16.6 Å². The predicted octanol–water partition coefficient (Wildman–Crippen LogP) is 4.35. The smallest absolute Gasteiger partial charge is 0.235 e. The van der Waals surface area contributed by atoms with Crippen LogP contribution in [0.5, 0.6) is 0 Å². The molecule has 0 atom stereocenters. The molecule has 0 saturated carbocycles. The van der Waals surface area contributed by atoms with Gasteiger partial charge in [-0.05, 0) is 31.2 Å². The molecular formula is C17H17N5S2. The van der Waals surface area contributed by atoms with Crippen LogP contribution in [-0.2, 0) is 5.75 Å². The number of benzene rings is 1. The van der Waals surface area contributed by atoms with E-state index in [0.717, 1.165) is 55.9 Å². The lowest BCUT2D eigenvalue weighted by atomic mass is 10.1. The van der Waals surface area contributed by atoms with E-state index in [4.69, 9.17) is 5.10 Å². The topological polar surface area (TPSA) is 56.0 Å². The van der Waals surface area contributed by atoms with Crippen molar-refractivity contribution in [3.05, 3.63) is 41.9 Å². The third-order valence-electron chi connectivity index (χ3n) is 3.71. The van der Waals surface area contributed by atoms with E-state index in [0.29, 0.717) is 0 Å². The molecule has 4 aromatic rings. The number of aryl methyl sites for hydroxylation is 1. The molecular weight excluding hydrogens is 338 g/mol. The molecule has 0 aliphatic rings. The Morgan fingerprint density at radius 1 is 1.21 bits per heavy atom. The van der Waals surface area contributed by atoms with E-state index in [1.165, 1.54) is 0 Å². The second-order valence-corrected chi connectivity index (χ2v) is 7.66. The van der Waals surface area contributed by atoms with Gasteiger partial charge in [0.05, 0.1) is 11.3 Å². The molecule has 0 fully saturated rings. The maximum absolute atomic E-state index is 4.78. The first-order valence-corrected chi connectivity index (χ1v) is 9.89. The molecule has 0 radical (unpaired) electrons. The zero-order chi connectivity index (χ0) is 16.5. The minimum absolute atomic E-state index is 0.842. The van der Waals surface area contributed by atoms with Crippen LogP contribution in [0.4, 0.5) is 0 Å². The van der Waals surface area contributed by atoms with Crippen LogP contribution in [0.15, 0.2) is 30.3 Å². The van der Waals surface area contributed by atoms with Gasteiger partial charge in [0.15, 0.2) is 5.82 Å². The summed E-state index contributed by atoms with van der Waals surface area (Å²) in [5, 5.41) is 15.4. The van der Waals surface area contributed by atoms with Crippen molar-refractivity contribution in [3.8, 4) is 10.6 Å². The summed E-state index contributed by atoms with van der Waals surface area (Å²) in [4.78, 5) is 5.45. The van der Waals surface area contributed by atoms with Gasteiger partial charge in [0.25, 0.3) is 0 Å². The fraction of sp³-hybridized carbons (Fsp3) is 0.294. The largest absolute Gasteiger partial charge is 0.253 e. The minimum Gasteiger partial charge on any atom is -0.253 e. The number of hydrogen-bond acceptors (Lipinski definition) is 6. The van der Waals surface area contributed by atoms with Crippen LogP contribution in [0, 0.1) is 6.92 Å². The average molecular weight is 355 g/mol. The molecule has 0 N–H and O–H groups in total. The van der Waals surface area contributed by atoms with E-state index in [1.54, 1.807) is 11.3 Å². The van der Waals surface area contributed by atoms with Crippen LogP contribution in [0.2, 0.25) is 0 Å². The molecule has 0 bridgehead atoms. The highest BCUT2D eigenvalue weighted by molar-refractivity contribution is 7.98. The maximum Gasteiger partial charge on any atom is 0.235 e. The van der Waals surface area contributed by atoms with Crippen molar-refractivity contribution >= 4 is 39.0 Å². The van der Waals surface area contributed by atoms with Crippen LogP contribution < -0.4 is 0 Å². The lowest BCUT2D eigenvalue weighted by molar-refractivity contribution is 0.887. The van der Waals surface area contributed by atoms with Crippen molar-refractivity contribution in [2.45, 2.75) is 26.0 Å². The van der Waals surface area contributed by atoms with E-state index in [-0.39, 0.29) is 0 Å². The number of pyridine rings is 1. The predicted molar refractivity (Wildman–Crippen MR) is 101 cm³/mol. The third-order valence-corrected chi connectivity index (χ3v) is 5.80. The van der Waals surface area contributed by atoms with Gasteiger partial charge in [-0.3, -0.25) is 4.98 Å². The van der Waals surface area contributed by atoms with Crippen molar-refractivity contribution in [2.75, 3.05) is 5.75 Å². The quantitative estimate of drug-likeness (QED) is 0.498. The number of para-hydroxylation sites is 1. The summed E-state index contributed by atoms with van der Waals surface area (Å²) in [5.74, 6) is 2.88. The second kappa shape index (κ2) is 6.49. The molecule has 3 aromatic heterocycles. The molecule has 0 amide bonds. The van der Waals surface area contributed by atoms with E-state index >= 15 is 0 Å². The molecule has 3 heterocycles. The Bertz CT molecular complexity index is 1000. The van der Waals surface area contributed by atoms with Gasteiger partial charge in [-0.15, -0.1) is 10.2 Å². The standard InChI is InChI=1S/C17H17N5S2/c1-3-8-23-10-15-19-20-17-22(15)21-16(24-17)13-9-11(2)18-14-7-5-4-6-12(13)14/h4-7,9H,3,8,10H2,1-2H3. The summed E-state index contributed by atoms with van der Waals surface area (Å²) in [6.07, 6.45) is 1.16. The fourth-order valence-corrected chi connectivity index (χ4v) is 4.33. The number of rotatable bonds is 5. The number of thioether (sulfide) groups is 1. The molecule has 24 heavy (non-hydrogen) atoms. The number of hydrogen-bond donors (Lipinski definition) is 0. The highest BCUT2D eigenvalue weighted by atomic mass is 32.2.